The molecule has 1 aromatic rings. The van der Waals surface area contributed by atoms with Gasteiger partial charge in [0.15, 0.2) is 0 Å². The topological polar surface area (TPSA) is 37.4 Å². The highest BCUT2D eigenvalue weighted by atomic mass is 16.5. The first-order chi connectivity index (χ1) is 8.99. The Balaban J connectivity index is 1.76. The fraction of sp³-hybridized carbons (Fsp3) is 0.667. The van der Waals surface area contributed by atoms with Crippen LogP contribution in [0.25, 0.3) is 0 Å². The second-order valence-corrected chi connectivity index (χ2v) is 6.62. The normalized spacial score (nSPS) is 26.6. The molecule has 2 aliphatic rings. The van der Waals surface area contributed by atoms with Crippen LogP contribution >= 0.6 is 0 Å². The van der Waals surface area contributed by atoms with Crippen LogP contribution in [0.5, 0.6) is 0 Å². The molecule has 2 atom stereocenters. The molecule has 3 rings (SSSR count). The summed E-state index contributed by atoms with van der Waals surface area (Å²) in [5, 5.41) is 3.43. The first-order valence-corrected chi connectivity index (χ1v) is 7.15. The molecule has 0 aliphatic carbocycles. The first-order valence-electron chi connectivity index (χ1n) is 7.15. The molecule has 2 saturated heterocycles. The second kappa shape index (κ2) is 4.67. The lowest BCUT2D eigenvalue weighted by atomic mass is 10.1. The number of hydrogen-bond donors (Lipinski definition) is 1. The predicted octanol–water partition coefficient (Wildman–Crippen LogP) is 2.66. The van der Waals surface area contributed by atoms with Crippen molar-refractivity contribution in [2.45, 2.75) is 51.4 Å². The van der Waals surface area contributed by atoms with Crippen molar-refractivity contribution in [1.82, 2.24) is 4.98 Å². The minimum Gasteiger partial charge on any atom is -0.371 e. The molecule has 19 heavy (non-hydrogen) atoms. The zero-order valence-corrected chi connectivity index (χ0v) is 12.0. The lowest BCUT2D eigenvalue weighted by molar-refractivity contribution is 0.0302. The van der Waals surface area contributed by atoms with Gasteiger partial charge in [-0.2, -0.15) is 0 Å². The van der Waals surface area contributed by atoms with E-state index in [0.29, 0.717) is 12.2 Å². The summed E-state index contributed by atoms with van der Waals surface area (Å²) in [5.41, 5.74) is 0.0374. The number of aromatic nitrogens is 1. The highest BCUT2D eigenvalue weighted by Crippen LogP contribution is 2.29. The van der Waals surface area contributed by atoms with Gasteiger partial charge in [-0.15, -0.1) is 0 Å². The number of fused-ring (bicyclic) bond motifs is 2. The third-order valence-corrected chi connectivity index (χ3v) is 3.61. The molecular formula is C15H23N3O. The van der Waals surface area contributed by atoms with E-state index in [1.807, 2.05) is 6.07 Å². The first kappa shape index (κ1) is 12.7. The van der Waals surface area contributed by atoms with Gasteiger partial charge in [-0.05, 0) is 45.7 Å². The molecule has 2 unspecified atom stereocenters. The zero-order chi connectivity index (χ0) is 13.5. The van der Waals surface area contributed by atoms with Gasteiger partial charge < -0.3 is 15.0 Å². The number of morpholine rings is 1. The Kier molecular flexibility index (Phi) is 3.13. The van der Waals surface area contributed by atoms with Gasteiger partial charge in [0, 0.05) is 18.6 Å². The van der Waals surface area contributed by atoms with Gasteiger partial charge in [0.2, 0.25) is 0 Å². The van der Waals surface area contributed by atoms with E-state index in [0.717, 1.165) is 24.7 Å². The van der Waals surface area contributed by atoms with Gasteiger partial charge in [0.05, 0.1) is 12.2 Å². The smallest absolute Gasteiger partial charge is 0.131 e. The highest BCUT2D eigenvalue weighted by molar-refractivity contribution is 5.48. The van der Waals surface area contributed by atoms with Gasteiger partial charge in [-0.3, -0.25) is 0 Å². The average Bonchev–Trinajstić information content (AvgIpc) is 2.66. The van der Waals surface area contributed by atoms with Crippen LogP contribution in [0.1, 0.15) is 33.6 Å². The van der Waals surface area contributed by atoms with E-state index in [-0.39, 0.29) is 5.54 Å². The monoisotopic (exact) mass is 261 g/mol. The molecule has 0 aromatic carbocycles. The molecule has 1 N–H and O–H groups in total. The molecule has 2 aliphatic heterocycles. The van der Waals surface area contributed by atoms with Crippen molar-refractivity contribution in [1.29, 1.82) is 0 Å². The maximum absolute atomic E-state index is 5.87. The molecule has 4 heteroatoms. The van der Waals surface area contributed by atoms with E-state index in [9.17, 15) is 0 Å². The van der Waals surface area contributed by atoms with E-state index >= 15 is 0 Å². The summed E-state index contributed by atoms with van der Waals surface area (Å²) in [5.74, 6) is 2.01. The molecule has 0 amide bonds. The van der Waals surface area contributed by atoms with Crippen molar-refractivity contribution in [3.8, 4) is 0 Å². The van der Waals surface area contributed by atoms with Crippen LogP contribution in [0, 0.1) is 0 Å². The third kappa shape index (κ3) is 3.00. The summed E-state index contributed by atoms with van der Waals surface area (Å²) in [6.07, 6.45) is 3.20. The zero-order valence-electron chi connectivity index (χ0n) is 12.0. The van der Waals surface area contributed by atoms with Gasteiger partial charge in [0.1, 0.15) is 11.6 Å². The van der Waals surface area contributed by atoms with Gasteiger partial charge in [-0.25, -0.2) is 4.98 Å². The van der Waals surface area contributed by atoms with E-state index in [4.69, 9.17) is 9.72 Å². The van der Waals surface area contributed by atoms with Crippen molar-refractivity contribution >= 4 is 11.6 Å². The van der Waals surface area contributed by atoms with Gasteiger partial charge in [0.25, 0.3) is 0 Å². The molecule has 3 heterocycles. The number of hydrogen-bond acceptors (Lipinski definition) is 4. The molecule has 0 spiro atoms. The molecule has 0 radical (unpaired) electrons. The molecular weight excluding hydrogens is 238 g/mol. The SMILES string of the molecule is CC(C)(C)Nc1cccc(N2CC3CCC(C2)O3)n1. The van der Waals surface area contributed by atoms with E-state index in [2.05, 4.69) is 43.1 Å². The maximum atomic E-state index is 5.87. The van der Waals surface area contributed by atoms with Crippen LogP contribution < -0.4 is 10.2 Å². The van der Waals surface area contributed by atoms with Crippen molar-refractivity contribution in [3.63, 3.8) is 0 Å². The summed E-state index contributed by atoms with van der Waals surface area (Å²) in [7, 11) is 0. The van der Waals surface area contributed by atoms with Gasteiger partial charge in [-0.1, -0.05) is 6.07 Å². The van der Waals surface area contributed by atoms with Crippen LogP contribution in [-0.2, 0) is 4.74 Å². The van der Waals surface area contributed by atoms with Crippen LogP contribution in [0.4, 0.5) is 11.6 Å². The van der Waals surface area contributed by atoms with Crippen molar-refractivity contribution in [3.05, 3.63) is 18.2 Å². The molecule has 2 fully saturated rings. The Hall–Kier alpha value is -1.29. The highest BCUT2D eigenvalue weighted by Gasteiger charge is 2.34. The summed E-state index contributed by atoms with van der Waals surface area (Å²) in [6.45, 7) is 8.40. The Labute approximate surface area is 115 Å². The number of nitrogens with zero attached hydrogens (tertiary/aromatic N) is 2. The number of rotatable bonds is 2. The Morgan fingerprint density at radius 3 is 2.53 bits per heavy atom. The average molecular weight is 261 g/mol. The molecule has 0 saturated carbocycles. The van der Waals surface area contributed by atoms with Crippen LogP contribution in [0.15, 0.2) is 18.2 Å². The van der Waals surface area contributed by atoms with E-state index in [1.165, 1.54) is 12.8 Å². The number of nitrogens with one attached hydrogen (secondary N) is 1. The van der Waals surface area contributed by atoms with Crippen molar-refractivity contribution < 1.29 is 4.74 Å². The maximum Gasteiger partial charge on any atom is 0.131 e. The summed E-state index contributed by atoms with van der Waals surface area (Å²) in [4.78, 5) is 7.10. The summed E-state index contributed by atoms with van der Waals surface area (Å²) in [6, 6.07) is 6.20. The number of anilines is 2. The largest absolute Gasteiger partial charge is 0.371 e. The Bertz CT molecular complexity index is 443. The third-order valence-electron chi connectivity index (χ3n) is 3.61. The number of ether oxygens (including phenoxy) is 1. The molecule has 1 aromatic heterocycles. The Morgan fingerprint density at radius 1 is 1.21 bits per heavy atom. The van der Waals surface area contributed by atoms with Crippen molar-refractivity contribution in [2.24, 2.45) is 0 Å². The molecule has 4 nitrogen and oxygen atoms in total. The lowest BCUT2D eigenvalue weighted by Gasteiger charge is -2.33. The fourth-order valence-corrected chi connectivity index (χ4v) is 2.86. The van der Waals surface area contributed by atoms with E-state index in [1.54, 1.807) is 0 Å². The Morgan fingerprint density at radius 2 is 1.89 bits per heavy atom. The standard InChI is InChI=1S/C15H23N3O/c1-15(2,3)17-13-5-4-6-14(16-13)18-9-11-7-8-12(10-18)19-11/h4-6,11-12H,7-10H2,1-3H3,(H,16,17). The summed E-state index contributed by atoms with van der Waals surface area (Å²) < 4.78 is 5.87. The summed E-state index contributed by atoms with van der Waals surface area (Å²) >= 11 is 0. The molecule has 2 bridgehead atoms. The van der Waals surface area contributed by atoms with Crippen LogP contribution in [-0.4, -0.2) is 35.8 Å². The minimum atomic E-state index is 0.0374. The van der Waals surface area contributed by atoms with E-state index < -0.39 is 0 Å². The van der Waals surface area contributed by atoms with Crippen LogP contribution in [0.2, 0.25) is 0 Å². The molecule has 104 valence electrons. The fourth-order valence-electron chi connectivity index (χ4n) is 2.86. The number of pyridine rings is 1. The van der Waals surface area contributed by atoms with Crippen LogP contribution in [0.3, 0.4) is 0 Å². The minimum absolute atomic E-state index is 0.0374. The quantitative estimate of drug-likeness (QED) is 0.888. The van der Waals surface area contributed by atoms with Gasteiger partial charge >= 0.3 is 0 Å². The van der Waals surface area contributed by atoms with Crippen molar-refractivity contribution in [2.75, 3.05) is 23.3 Å². The lowest BCUT2D eigenvalue weighted by Crippen LogP contribution is -2.43. The predicted molar refractivity (Wildman–Crippen MR) is 77.7 cm³/mol. The second-order valence-electron chi connectivity index (χ2n) is 6.62.